The Hall–Kier alpha value is -2.93. The summed E-state index contributed by atoms with van der Waals surface area (Å²) in [6.45, 7) is 2.80. The van der Waals surface area contributed by atoms with Crippen molar-refractivity contribution in [2.24, 2.45) is 0 Å². The van der Waals surface area contributed by atoms with E-state index in [0.717, 1.165) is 31.4 Å². The molecule has 0 bridgehead atoms. The van der Waals surface area contributed by atoms with Crippen LogP contribution >= 0.6 is 0 Å². The monoisotopic (exact) mass is 411 g/mol. The maximum atomic E-state index is 13.5. The number of carbonyl (C=O) groups excluding carboxylic acids is 2. The molecule has 0 radical (unpaired) electrons. The van der Waals surface area contributed by atoms with Gasteiger partial charge in [0.05, 0.1) is 6.10 Å². The van der Waals surface area contributed by atoms with Gasteiger partial charge in [-0.05, 0) is 55.2 Å². The fraction of sp³-hybridized carbons (Fsp3) is 0.391. The Morgan fingerprint density at radius 2 is 2.00 bits per heavy atom. The Kier molecular flexibility index (Phi) is 6.28. The number of benzene rings is 2. The Balaban J connectivity index is 1.43. The maximum absolute atomic E-state index is 13.5. The molecule has 3 amide bonds. The van der Waals surface area contributed by atoms with E-state index in [1.54, 1.807) is 34.1 Å². The molecule has 0 spiro atoms. The molecule has 0 aliphatic carbocycles. The summed E-state index contributed by atoms with van der Waals surface area (Å²) in [7, 11) is 0. The molecule has 2 saturated heterocycles. The Labute approximate surface area is 175 Å². The minimum absolute atomic E-state index is 0.0807. The van der Waals surface area contributed by atoms with Crippen LogP contribution in [0.3, 0.4) is 0 Å². The Bertz CT molecular complexity index is 914. The van der Waals surface area contributed by atoms with E-state index in [1.165, 1.54) is 12.1 Å². The number of urea groups is 1. The van der Waals surface area contributed by atoms with Crippen molar-refractivity contribution in [3.05, 3.63) is 65.5 Å². The van der Waals surface area contributed by atoms with Gasteiger partial charge in [-0.2, -0.15) is 0 Å². The number of hydrogen-bond acceptors (Lipinski definition) is 3. The second kappa shape index (κ2) is 9.26. The second-order valence-electron chi connectivity index (χ2n) is 7.73. The van der Waals surface area contributed by atoms with E-state index in [9.17, 15) is 14.0 Å². The van der Waals surface area contributed by atoms with Gasteiger partial charge < -0.3 is 15.0 Å². The molecule has 6 nitrogen and oxygen atoms in total. The van der Waals surface area contributed by atoms with E-state index in [-0.39, 0.29) is 23.9 Å². The number of halogens is 1. The van der Waals surface area contributed by atoms with Crippen molar-refractivity contribution in [3.63, 3.8) is 0 Å². The fourth-order valence-electron chi connectivity index (χ4n) is 3.95. The van der Waals surface area contributed by atoms with Crippen LogP contribution in [0.25, 0.3) is 0 Å². The predicted octanol–water partition coefficient (Wildman–Crippen LogP) is 3.57. The number of amides is 3. The number of nitrogens with one attached hydrogen (secondary N) is 1. The summed E-state index contributed by atoms with van der Waals surface area (Å²) in [5.41, 5.74) is 1.96. The molecule has 2 aliphatic rings. The molecular formula is C23H26FN3O3. The lowest BCUT2D eigenvalue weighted by Crippen LogP contribution is -2.49. The molecule has 158 valence electrons. The number of hydrogen-bond donors (Lipinski definition) is 1. The molecule has 1 N–H and O–H groups in total. The van der Waals surface area contributed by atoms with Crippen LogP contribution in [0.1, 0.15) is 35.2 Å². The van der Waals surface area contributed by atoms with Crippen LogP contribution < -0.4 is 10.2 Å². The normalized spacial score (nSPS) is 19.2. The highest BCUT2D eigenvalue weighted by Gasteiger charge is 2.27. The van der Waals surface area contributed by atoms with Crippen molar-refractivity contribution >= 4 is 17.6 Å². The molecule has 2 aromatic rings. The first-order valence-corrected chi connectivity index (χ1v) is 10.4. The van der Waals surface area contributed by atoms with Crippen molar-refractivity contribution in [2.75, 3.05) is 31.1 Å². The van der Waals surface area contributed by atoms with Crippen LogP contribution in [0.4, 0.5) is 14.9 Å². The quantitative estimate of drug-likeness (QED) is 0.791. The summed E-state index contributed by atoms with van der Waals surface area (Å²) in [4.78, 5) is 29.0. The molecule has 30 heavy (non-hydrogen) atoms. The first kappa shape index (κ1) is 20.3. The van der Waals surface area contributed by atoms with Gasteiger partial charge in [-0.3, -0.25) is 9.69 Å². The van der Waals surface area contributed by atoms with Crippen molar-refractivity contribution in [1.29, 1.82) is 0 Å². The maximum Gasteiger partial charge on any atom is 0.324 e. The third kappa shape index (κ3) is 4.79. The lowest BCUT2D eigenvalue weighted by molar-refractivity contribution is 0.0857. The van der Waals surface area contributed by atoms with Crippen LogP contribution in [0, 0.1) is 5.82 Å². The van der Waals surface area contributed by atoms with Gasteiger partial charge in [0.25, 0.3) is 5.91 Å². The van der Waals surface area contributed by atoms with Crippen LogP contribution in [0.5, 0.6) is 0 Å². The molecule has 2 fully saturated rings. The summed E-state index contributed by atoms with van der Waals surface area (Å²) in [5.74, 6) is -0.482. The summed E-state index contributed by atoms with van der Waals surface area (Å²) >= 11 is 0. The largest absolute Gasteiger partial charge is 0.376 e. The fourth-order valence-corrected chi connectivity index (χ4v) is 3.95. The highest BCUT2D eigenvalue weighted by molar-refractivity contribution is 5.98. The van der Waals surface area contributed by atoms with E-state index in [0.29, 0.717) is 37.4 Å². The zero-order valence-corrected chi connectivity index (χ0v) is 16.9. The first-order chi connectivity index (χ1) is 14.6. The van der Waals surface area contributed by atoms with Gasteiger partial charge in [0.2, 0.25) is 0 Å². The van der Waals surface area contributed by atoms with Gasteiger partial charge in [0, 0.05) is 44.0 Å². The van der Waals surface area contributed by atoms with Gasteiger partial charge in [0.15, 0.2) is 0 Å². The van der Waals surface area contributed by atoms with Crippen molar-refractivity contribution in [2.45, 2.75) is 31.9 Å². The third-order valence-electron chi connectivity index (χ3n) is 5.51. The average Bonchev–Trinajstić information content (AvgIpc) is 3.27. The number of anilines is 1. The van der Waals surface area contributed by atoms with Crippen LogP contribution in [0.2, 0.25) is 0 Å². The summed E-state index contributed by atoms with van der Waals surface area (Å²) in [6, 6.07) is 13.3. The zero-order chi connectivity index (χ0) is 20.9. The number of rotatable bonds is 6. The minimum Gasteiger partial charge on any atom is -0.376 e. The third-order valence-corrected chi connectivity index (χ3v) is 5.51. The van der Waals surface area contributed by atoms with E-state index in [4.69, 9.17) is 4.74 Å². The number of carbonyl (C=O) groups is 2. The summed E-state index contributed by atoms with van der Waals surface area (Å²) < 4.78 is 19.0. The van der Waals surface area contributed by atoms with Gasteiger partial charge in [0.1, 0.15) is 5.82 Å². The molecule has 1 atom stereocenters. The Morgan fingerprint density at radius 1 is 1.13 bits per heavy atom. The minimum atomic E-state index is -0.310. The van der Waals surface area contributed by atoms with E-state index >= 15 is 0 Å². The van der Waals surface area contributed by atoms with E-state index in [2.05, 4.69) is 5.32 Å². The van der Waals surface area contributed by atoms with Gasteiger partial charge in [-0.25, -0.2) is 9.18 Å². The lowest BCUT2D eigenvalue weighted by Gasteiger charge is -2.35. The standard InChI is InChI=1S/C23H26FN3O3/c24-19-7-1-5-17(13-19)16-26-10-4-11-27(23(26)29)20-8-2-6-18(14-20)22(28)25-15-21-9-3-12-30-21/h1-2,5-8,13-14,21H,3-4,9-12,15-16H2,(H,25,28)/t21-/m0/s1. The van der Waals surface area contributed by atoms with Crippen molar-refractivity contribution < 1.29 is 18.7 Å². The molecule has 4 rings (SSSR count). The molecule has 2 aromatic carbocycles. The van der Waals surface area contributed by atoms with Crippen LogP contribution in [-0.4, -0.2) is 49.2 Å². The molecule has 0 saturated carbocycles. The van der Waals surface area contributed by atoms with Crippen molar-refractivity contribution in [1.82, 2.24) is 10.2 Å². The molecular weight excluding hydrogens is 385 g/mol. The molecule has 0 aromatic heterocycles. The molecule has 2 aliphatic heterocycles. The predicted molar refractivity (Wildman–Crippen MR) is 112 cm³/mol. The van der Waals surface area contributed by atoms with Gasteiger partial charge in [-0.1, -0.05) is 18.2 Å². The SMILES string of the molecule is O=C(NC[C@@H]1CCCO1)c1cccc(N2CCCN(Cc3cccc(F)c3)C2=O)c1. The smallest absolute Gasteiger partial charge is 0.324 e. The zero-order valence-electron chi connectivity index (χ0n) is 16.9. The number of ether oxygens (including phenoxy) is 1. The molecule has 7 heteroatoms. The highest BCUT2D eigenvalue weighted by Crippen LogP contribution is 2.23. The highest BCUT2D eigenvalue weighted by atomic mass is 19.1. The average molecular weight is 411 g/mol. The molecule has 0 unspecified atom stereocenters. The van der Waals surface area contributed by atoms with Gasteiger partial charge in [-0.15, -0.1) is 0 Å². The summed E-state index contributed by atoms with van der Waals surface area (Å²) in [5, 5.41) is 2.92. The topological polar surface area (TPSA) is 61.9 Å². The van der Waals surface area contributed by atoms with E-state index < -0.39 is 0 Å². The van der Waals surface area contributed by atoms with Gasteiger partial charge >= 0.3 is 6.03 Å². The Morgan fingerprint density at radius 3 is 2.80 bits per heavy atom. The molecule has 2 heterocycles. The lowest BCUT2D eigenvalue weighted by atomic mass is 10.1. The van der Waals surface area contributed by atoms with E-state index in [1.807, 2.05) is 12.1 Å². The number of nitrogens with zero attached hydrogens (tertiary/aromatic N) is 2. The van der Waals surface area contributed by atoms with Crippen molar-refractivity contribution in [3.8, 4) is 0 Å². The van der Waals surface area contributed by atoms with Crippen LogP contribution in [-0.2, 0) is 11.3 Å². The second-order valence-corrected chi connectivity index (χ2v) is 7.73. The first-order valence-electron chi connectivity index (χ1n) is 10.4. The summed E-state index contributed by atoms with van der Waals surface area (Å²) in [6.07, 6.45) is 2.87. The van der Waals surface area contributed by atoms with Crippen LogP contribution in [0.15, 0.2) is 48.5 Å².